The molecular weight excluding hydrogens is 370 g/mol. The maximum absolute atomic E-state index is 12.2. The van der Waals surface area contributed by atoms with Crippen molar-refractivity contribution in [3.63, 3.8) is 0 Å². The quantitative estimate of drug-likeness (QED) is 0.688. The van der Waals surface area contributed by atoms with Gasteiger partial charge in [0.1, 0.15) is 11.5 Å². The monoisotopic (exact) mass is 391 g/mol. The molecule has 27 heavy (non-hydrogen) atoms. The fraction of sp³-hybridized carbons (Fsp3) is 0.300. The van der Waals surface area contributed by atoms with Crippen LogP contribution in [0.15, 0.2) is 42.5 Å². The Hall–Kier alpha value is -2.73. The van der Waals surface area contributed by atoms with E-state index in [1.807, 2.05) is 31.2 Å². The lowest BCUT2D eigenvalue weighted by Gasteiger charge is -2.15. The van der Waals surface area contributed by atoms with E-state index in [0.717, 1.165) is 5.56 Å². The first-order chi connectivity index (χ1) is 12.9. The third kappa shape index (κ3) is 6.49. The maximum atomic E-state index is 12.2. The predicted octanol–water partition coefficient (Wildman–Crippen LogP) is 4.00. The van der Waals surface area contributed by atoms with Crippen molar-refractivity contribution < 1.29 is 23.8 Å². The van der Waals surface area contributed by atoms with Crippen molar-refractivity contribution >= 4 is 29.2 Å². The zero-order chi connectivity index (χ0) is 19.8. The van der Waals surface area contributed by atoms with Gasteiger partial charge in [-0.2, -0.15) is 0 Å². The van der Waals surface area contributed by atoms with Crippen molar-refractivity contribution in [3.05, 3.63) is 53.1 Å². The van der Waals surface area contributed by atoms with Gasteiger partial charge in [0.05, 0.1) is 25.8 Å². The smallest absolute Gasteiger partial charge is 0.310 e. The van der Waals surface area contributed by atoms with Crippen LogP contribution in [0.25, 0.3) is 0 Å². The number of nitrogens with one attached hydrogen (secondary N) is 1. The number of ether oxygens (including phenoxy) is 3. The van der Waals surface area contributed by atoms with E-state index < -0.39 is 18.0 Å². The van der Waals surface area contributed by atoms with Crippen LogP contribution in [0.1, 0.15) is 18.9 Å². The van der Waals surface area contributed by atoms with Gasteiger partial charge in [-0.25, -0.2) is 0 Å². The Morgan fingerprint density at radius 3 is 2.67 bits per heavy atom. The number of hydrogen-bond donors (Lipinski definition) is 1. The number of aryl methyl sites for hydroxylation is 1. The summed E-state index contributed by atoms with van der Waals surface area (Å²) in [7, 11) is 1.48. The molecule has 1 N–H and O–H groups in total. The summed E-state index contributed by atoms with van der Waals surface area (Å²) in [5.74, 6) is 0.131. The number of carbonyl (C=O) groups excluding carboxylic acids is 2. The van der Waals surface area contributed by atoms with Gasteiger partial charge in [0.15, 0.2) is 6.10 Å². The van der Waals surface area contributed by atoms with Gasteiger partial charge in [-0.1, -0.05) is 23.7 Å². The molecule has 6 nitrogen and oxygen atoms in total. The number of amides is 1. The van der Waals surface area contributed by atoms with Crippen molar-refractivity contribution in [3.8, 4) is 11.5 Å². The fourth-order valence-corrected chi connectivity index (χ4v) is 2.45. The lowest BCUT2D eigenvalue weighted by atomic mass is 10.2. The van der Waals surface area contributed by atoms with Crippen LogP contribution in [0.2, 0.25) is 5.02 Å². The lowest BCUT2D eigenvalue weighted by Crippen LogP contribution is -2.30. The zero-order valence-electron chi connectivity index (χ0n) is 15.5. The Morgan fingerprint density at radius 1 is 1.19 bits per heavy atom. The molecular formula is C20H22ClNO5. The number of rotatable bonds is 8. The first kappa shape index (κ1) is 20.6. The highest BCUT2D eigenvalue weighted by Gasteiger charge is 2.19. The van der Waals surface area contributed by atoms with E-state index in [9.17, 15) is 9.59 Å². The van der Waals surface area contributed by atoms with Gasteiger partial charge in [-0.05, 0) is 49.7 Å². The Morgan fingerprint density at radius 2 is 1.96 bits per heavy atom. The SMILES string of the molecule is COc1ccc(Cl)cc1NC(=O)[C@@H](C)OC(=O)CCOc1cccc(C)c1. The second-order valence-electron chi connectivity index (χ2n) is 5.88. The molecule has 0 unspecified atom stereocenters. The maximum Gasteiger partial charge on any atom is 0.310 e. The minimum Gasteiger partial charge on any atom is -0.495 e. The highest BCUT2D eigenvalue weighted by atomic mass is 35.5. The second-order valence-corrected chi connectivity index (χ2v) is 6.32. The molecule has 0 aliphatic carbocycles. The number of hydrogen-bond acceptors (Lipinski definition) is 5. The van der Waals surface area contributed by atoms with Gasteiger partial charge >= 0.3 is 5.97 Å². The van der Waals surface area contributed by atoms with Crippen LogP contribution in [0, 0.1) is 6.92 Å². The zero-order valence-corrected chi connectivity index (χ0v) is 16.2. The van der Waals surface area contributed by atoms with Crippen molar-refractivity contribution in [2.24, 2.45) is 0 Å². The summed E-state index contributed by atoms with van der Waals surface area (Å²) in [6.07, 6.45) is -0.938. The third-order valence-corrected chi connectivity index (χ3v) is 3.90. The Bertz CT molecular complexity index is 809. The van der Waals surface area contributed by atoms with E-state index in [2.05, 4.69) is 5.32 Å². The van der Waals surface area contributed by atoms with Gasteiger partial charge in [-0.3, -0.25) is 9.59 Å². The van der Waals surface area contributed by atoms with E-state index in [4.69, 9.17) is 25.8 Å². The minimum atomic E-state index is -0.972. The molecule has 144 valence electrons. The fourth-order valence-electron chi connectivity index (χ4n) is 2.28. The number of esters is 1. The van der Waals surface area contributed by atoms with Gasteiger partial charge in [-0.15, -0.1) is 0 Å². The summed E-state index contributed by atoms with van der Waals surface area (Å²) < 4.78 is 15.8. The van der Waals surface area contributed by atoms with Crippen LogP contribution >= 0.6 is 11.6 Å². The number of methoxy groups -OCH3 is 1. The first-order valence-electron chi connectivity index (χ1n) is 8.42. The average Bonchev–Trinajstić information content (AvgIpc) is 2.62. The molecule has 0 fully saturated rings. The average molecular weight is 392 g/mol. The molecule has 2 aromatic carbocycles. The number of carbonyl (C=O) groups is 2. The molecule has 7 heteroatoms. The van der Waals surface area contributed by atoms with E-state index in [1.165, 1.54) is 14.0 Å². The molecule has 0 saturated carbocycles. The van der Waals surface area contributed by atoms with E-state index in [0.29, 0.717) is 22.2 Å². The molecule has 1 amide bonds. The van der Waals surface area contributed by atoms with Gasteiger partial charge in [0, 0.05) is 5.02 Å². The number of anilines is 1. The Balaban J connectivity index is 1.81. The van der Waals surface area contributed by atoms with Crippen molar-refractivity contribution in [1.29, 1.82) is 0 Å². The van der Waals surface area contributed by atoms with Crippen LogP contribution in [0.3, 0.4) is 0 Å². The van der Waals surface area contributed by atoms with Crippen molar-refractivity contribution in [2.45, 2.75) is 26.4 Å². The van der Waals surface area contributed by atoms with Gasteiger partial charge in [0.2, 0.25) is 0 Å². The van der Waals surface area contributed by atoms with Crippen molar-refractivity contribution in [2.75, 3.05) is 19.0 Å². The highest BCUT2D eigenvalue weighted by Crippen LogP contribution is 2.27. The molecule has 0 aromatic heterocycles. The summed E-state index contributed by atoms with van der Waals surface area (Å²) in [4.78, 5) is 24.2. The Kier molecular flexibility index (Phi) is 7.49. The third-order valence-electron chi connectivity index (χ3n) is 3.66. The number of benzene rings is 2. The normalized spacial score (nSPS) is 11.4. The van der Waals surface area contributed by atoms with E-state index >= 15 is 0 Å². The summed E-state index contributed by atoms with van der Waals surface area (Å²) >= 11 is 5.93. The van der Waals surface area contributed by atoms with Crippen LogP contribution < -0.4 is 14.8 Å². The summed E-state index contributed by atoms with van der Waals surface area (Å²) in [5, 5.41) is 3.09. The molecule has 2 rings (SSSR count). The largest absolute Gasteiger partial charge is 0.495 e. The molecule has 2 aromatic rings. The second kappa shape index (κ2) is 9.83. The van der Waals surface area contributed by atoms with E-state index in [1.54, 1.807) is 18.2 Å². The number of halogens is 1. The summed E-state index contributed by atoms with van der Waals surface area (Å²) in [5.41, 5.74) is 1.47. The molecule has 0 saturated heterocycles. The topological polar surface area (TPSA) is 73.9 Å². The predicted molar refractivity (Wildman–Crippen MR) is 103 cm³/mol. The van der Waals surface area contributed by atoms with Gasteiger partial charge in [0.25, 0.3) is 5.91 Å². The standard InChI is InChI=1S/C20H22ClNO5/c1-13-5-4-6-16(11-13)26-10-9-19(23)27-14(2)20(24)22-17-12-15(21)7-8-18(17)25-3/h4-8,11-12,14H,9-10H2,1-3H3,(H,22,24)/t14-/m1/s1. The Labute approximate surface area is 163 Å². The first-order valence-corrected chi connectivity index (χ1v) is 8.80. The van der Waals surface area contributed by atoms with Crippen LogP contribution in [-0.2, 0) is 14.3 Å². The molecule has 0 bridgehead atoms. The van der Waals surface area contributed by atoms with Crippen LogP contribution in [-0.4, -0.2) is 31.7 Å². The van der Waals surface area contributed by atoms with E-state index in [-0.39, 0.29) is 13.0 Å². The molecule has 0 radical (unpaired) electrons. The van der Waals surface area contributed by atoms with Crippen molar-refractivity contribution in [1.82, 2.24) is 0 Å². The molecule has 0 aliphatic rings. The molecule has 0 spiro atoms. The van der Waals surface area contributed by atoms with Crippen LogP contribution in [0.4, 0.5) is 5.69 Å². The molecule has 0 heterocycles. The highest BCUT2D eigenvalue weighted by molar-refractivity contribution is 6.31. The minimum absolute atomic E-state index is 0.0338. The molecule has 0 aliphatic heterocycles. The summed E-state index contributed by atoms with van der Waals surface area (Å²) in [6, 6.07) is 12.4. The summed E-state index contributed by atoms with van der Waals surface area (Å²) in [6.45, 7) is 3.61. The van der Waals surface area contributed by atoms with Crippen LogP contribution in [0.5, 0.6) is 11.5 Å². The molecule has 1 atom stereocenters. The van der Waals surface area contributed by atoms with Gasteiger partial charge < -0.3 is 19.5 Å². The lowest BCUT2D eigenvalue weighted by molar-refractivity contribution is -0.153.